The minimum atomic E-state index is -0.329. The molecule has 164 valence electrons. The van der Waals surface area contributed by atoms with E-state index in [1.807, 2.05) is 50.4 Å². The van der Waals surface area contributed by atoms with E-state index < -0.39 is 0 Å². The van der Waals surface area contributed by atoms with Gasteiger partial charge >= 0.3 is 0 Å². The fourth-order valence-electron chi connectivity index (χ4n) is 4.22. The molecule has 1 aromatic carbocycles. The number of pyridine rings is 1. The van der Waals surface area contributed by atoms with Gasteiger partial charge < -0.3 is 20.0 Å². The second-order valence-electron chi connectivity index (χ2n) is 8.66. The Morgan fingerprint density at radius 2 is 1.90 bits per heavy atom. The van der Waals surface area contributed by atoms with E-state index in [1.54, 1.807) is 4.90 Å². The first-order valence-corrected chi connectivity index (χ1v) is 10.9. The summed E-state index contributed by atoms with van der Waals surface area (Å²) in [5.41, 5.74) is 4.10. The van der Waals surface area contributed by atoms with Crippen LogP contribution in [0, 0.1) is 19.8 Å². The van der Waals surface area contributed by atoms with Crippen LogP contribution in [0.15, 0.2) is 36.5 Å². The lowest BCUT2D eigenvalue weighted by Crippen LogP contribution is -2.44. The molecular formula is C24H31N5O2. The molecule has 2 aromatic rings. The fourth-order valence-corrected chi connectivity index (χ4v) is 4.22. The van der Waals surface area contributed by atoms with Crippen LogP contribution in [0.3, 0.4) is 0 Å². The highest BCUT2D eigenvalue weighted by atomic mass is 16.2. The molecule has 2 amide bonds. The van der Waals surface area contributed by atoms with Crippen LogP contribution in [0.25, 0.3) is 0 Å². The van der Waals surface area contributed by atoms with Crippen LogP contribution in [0.1, 0.15) is 23.1 Å². The van der Waals surface area contributed by atoms with Gasteiger partial charge in [0.2, 0.25) is 11.8 Å². The van der Waals surface area contributed by atoms with Crippen LogP contribution in [-0.4, -0.2) is 61.5 Å². The van der Waals surface area contributed by atoms with Crippen molar-refractivity contribution < 1.29 is 9.59 Å². The Morgan fingerprint density at radius 3 is 2.61 bits per heavy atom. The molecule has 2 fully saturated rings. The molecule has 7 heteroatoms. The van der Waals surface area contributed by atoms with Gasteiger partial charge in [0.15, 0.2) is 0 Å². The molecule has 0 bridgehead atoms. The first kappa shape index (κ1) is 21.3. The average molecular weight is 422 g/mol. The predicted octanol–water partition coefficient (Wildman–Crippen LogP) is 2.12. The summed E-state index contributed by atoms with van der Waals surface area (Å²) >= 11 is 0. The number of amides is 2. The molecule has 1 atom stereocenters. The number of nitrogens with zero attached hydrogens (tertiary/aromatic N) is 4. The van der Waals surface area contributed by atoms with Crippen LogP contribution in [-0.2, 0) is 16.1 Å². The van der Waals surface area contributed by atoms with E-state index >= 15 is 0 Å². The number of rotatable bonds is 5. The number of anilines is 2. The third kappa shape index (κ3) is 4.71. The van der Waals surface area contributed by atoms with Crippen molar-refractivity contribution in [2.75, 3.05) is 49.6 Å². The van der Waals surface area contributed by atoms with Gasteiger partial charge in [-0.25, -0.2) is 4.98 Å². The van der Waals surface area contributed by atoms with Gasteiger partial charge in [-0.3, -0.25) is 9.59 Å². The third-order valence-corrected chi connectivity index (χ3v) is 6.47. The Morgan fingerprint density at radius 1 is 1.13 bits per heavy atom. The Labute approximate surface area is 184 Å². The van der Waals surface area contributed by atoms with Gasteiger partial charge in [0.1, 0.15) is 5.82 Å². The molecule has 7 nitrogen and oxygen atoms in total. The first-order chi connectivity index (χ1) is 14.9. The average Bonchev–Trinajstić information content (AvgIpc) is 3.16. The van der Waals surface area contributed by atoms with Crippen molar-refractivity contribution >= 4 is 23.3 Å². The lowest BCUT2D eigenvalue weighted by Gasteiger charge is -2.33. The van der Waals surface area contributed by atoms with Gasteiger partial charge in [-0.05, 0) is 49.7 Å². The zero-order valence-corrected chi connectivity index (χ0v) is 18.6. The molecule has 1 N–H and O–H groups in total. The monoisotopic (exact) mass is 421 g/mol. The first-order valence-electron chi connectivity index (χ1n) is 10.9. The Bertz CT molecular complexity index is 951. The summed E-state index contributed by atoms with van der Waals surface area (Å²) in [6, 6.07) is 9.98. The van der Waals surface area contributed by atoms with Crippen LogP contribution in [0.4, 0.5) is 11.5 Å². The lowest BCUT2D eigenvalue weighted by molar-refractivity contribution is -0.126. The molecule has 3 heterocycles. The van der Waals surface area contributed by atoms with E-state index in [0.717, 1.165) is 54.4 Å². The summed E-state index contributed by atoms with van der Waals surface area (Å²) in [5.74, 6) is 0.579. The highest BCUT2D eigenvalue weighted by Gasteiger charge is 2.35. The molecule has 2 aliphatic heterocycles. The summed E-state index contributed by atoms with van der Waals surface area (Å²) in [6.07, 6.45) is 2.08. The number of aromatic nitrogens is 1. The summed E-state index contributed by atoms with van der Waals surface area (Å²) in [7, 11) is 2.13. The van der Waals surface area contributed by atoms with Crippen LogP contribution in [0.2, 0.25) is 0 Å². The van der Waals surface area contributed by atoms with Crippen molar-refractivity contribution in [3.05, 3.63) is 53.2 Å². The number of aryl methyl sites for hydroxylation is 1. The SMILES string of the molecule is Cc1cccc(N2CC(C(=O)NCc3ccc(N4CCN(C)CC4)nc3)CC2=O)c1C. The Kier molecular flexibility index (Phi) is 6.23. The molecule has 1 unspecified atom stereocenters. The molecule has 2 saturated heterocycles. The topological polar surface area (TPSA) is 68.8 Å². The number of piperazine rings is 1. The Balaban J connectivity index is 1.32. The normalized spacial score (nSPS) is 19.7. The minimum absolute atomic E-state index is 0.00652. The third-order valence-electron chi connectivity index (χ3n) is 6.47. The molecule has 31 heavy (non-hydrogen) atoms. The van der Waals surface area contributed by atoms with Gasteiger partial charge in [0.05, 0.1) is 5.92 Å². The van der Waals surface area contributed by atoms with Crippen molar-refractivity contribution in [2.24, 2.45) is 5.92 Å². The van der Waals surface area contributed by atoms with Crippen molar-refractivity contribution in [3.63, 3.8) is 0 Å². The molecule has 4 rings (SSSR count). The van der Waals surface area contributed by atoms with Crippen LogP contribution >= 0.6 is 0 Å². The number of carbonyl (C=O) groups is 2. The van der Waals surface area contributed by atoms with Gasteiger partial charge in [-0.2, -0.15) is 0 Å². The minimum Gasteiger partial charge on any atom is -0.354 e. The molecule has 2 aliphatic rings. The highest BCUT2D eigenvalue weighted by Crippen LogP contribution is 2.29. The molecular weight excluding hydrogens is 390 g/mol. The summed E-state index contributed by atoms with van der Waals surface area (Å²) in [5, 5.41) is 2.99. The van der Waals surface area contributed by atoms with E-state index in [1.165, 1.54) is 0 Å². The van der Waals surface area contributed by atoms with Crippen molar-refractivity contribution in [3.8, 4) is 0 Å². The maximum atomic E-state index is 12.7. The number of hydrogen-bond donors (Lipinski definition) is 1. The van der Waals surface area contributed by atoms with E-state index in [4.69, 9.17) is 0 Å². The number of likely N-dealkylation sites (N-methyl/N-ethyl adjacent to an activating group) is 1. The second-order valence-corrected chi connectivity index (χ2v) is 8.66. The highest BCUT2D eigenvalue weighted by molar-refractivity contribution is 6.00. The van der Waals surface area contributed by atoms with Crippen molar-refractivity contribution in [1.29, 1.82) is 0 Å². The second kappa shape index (κ2) is 9.06. The predicted molar refractivity (Wildman–Crippen MR) is 122 cm³/mol. The molecule has 1 aromatic heterocycles. The van der Waals surface area contributed by atoms with Crippen molar-refractivity contribution in [2.45, 2.75) is 26.8 Å². The van der Waals surface area contributed by atoms with E-state index in [9.17, 15) is 9.59 Å². The Hall–Kier alpha value is -2.93. The molecule has 0 aliphatic carbocycles. The standard InChI is InChI=1S/C24H31N5O2/c1-17-5-4-6-21(18(17)2)29-16-20(13-23(29)30)24(31)26-15-19-7-8-22(25-14-19)28-11-9-27(3)10-12-28/h4-8,14,20H,9-13,15-16H2,1-3H3,(H,26,31). The van der Waals surface area contributed by atoms with E-state index in [0.29, 0.717) is 13.1 Å². The molecule has 0 radical (unpaired) electrons. The van der Waals surface area contributed by atoms with E-state index in [2.05, 4.69) is 27.1 Å². The van der Waals surface area contributed by atoms with Crippen LogP contribution in [0.5, 0.6) is 0 Å². The molecule has 0 spiro atoms. The summed E-state index contributed by atoms with van der Waals surface area (Å²) < 4.78 is 0. The van der Waals surface area contributed by atoms with Gasteiger partial charge in [0.25, 0.3) is 0 Å². The number of carbonyl (C=O) groups excluding carboxylic acids is 2. The molecule has 0 saturated carbocycles. The van der Waals surface area contributed by atoms with Crippen molar-refractivity contribution in [1.82, 2.24) is 15.2 Å². The van der Waals surface area contributed by atoms with Gasteiger partial charge in [0, 0.05) is 57.6 Å². The number of hydrogen-bond acceptors (Lipinski definition) is 5. The quantitative estimate of drug-likeness (QED) is 0.801. The fraction of sp³-hybridized carbons (Fsp3) is 0.458. The maximum absolute atomic E-state index is 12.7. The zero-order chi connectivity index (χ0) is 22.0. The zero-order valence-electron chi connectivity index (χ0n) is 18.6. The number of nitrogens with one attached hydrogen (secondary N) is 1. The van der Waals surface area contributed by atoms with Gasteiger partial charge in [-0.1, -0.05) is 18.2 Å². The number of benzene rings is 1. The van der Waals surface area contributed by atoms with Crippen LogP contribution < -0.4 is 15.1 Å². The summed E-state index contributed by atoms with van der Waals surface area (Å²) in [6.45, 7) is 8.94. The largest absolute Gasteiger partial charge is 0.354 e. The lowest BCUT2D eigenvalue weighted by atomic mass is 10.1. The summed E-state index contributed by atoms with van der Waals surface area (Å²) in [4.78, 5) is 36.2. The smallest absolute Gasteiger partial charge is 0.227 e. The van der Waals surface area contributed by atoms with E-state index in [-0.39, 0.29) is 24.2 Å². The van der Waals surface area contributed by atoms with Gasteiger partial charge in [-0.15, -0.1) is 0 Å². The maximum Gasteiger partial charge on any atom is 0.227 e.